The van der Waals surface area contributed by atoms with Gasteiger partial charge in [-0.15, -0.1) is 0 Å². The topological polar surface area (TPSA) is 83.5 Å². The van der Waals surface area contributed by atoms with E-state index in [4.69, 9.17) is 9.72 Å². The maximum atomic E-state index is 12.7. The molecule has 1 saturated heterocycles. The fourth-order valence-electron chi connectivity index (χ4n) is 4.17. The molecular formula is C26H26N6O2. The largest absolute Gasteiger partial charge is 0.497 e. The predicted molar refractivity (Wildman–Crippen MR) is 134 cm³/mol. The molecule has 5 rings (SSSR count). The van der Waals surface area contributed by atoms with E-state index in [1.807, 2.05) is 30.3 Å². The number of nitrogens with zero attached hydrogens (tertiary/aromatic N) is 5. The quantitative estimate of drug-likeness (QED) is 0.489. The van der Waals surface area contributed by atoms with Crippen molar-refractivity contribution in [1.82, 2.24) is 15.0 Å². The van der Waals surface area contributed by atoms with Crippen molar-refractivity contribution in [2.75, 3.05) is 48.4 Å². The normalized spacial score (nSPS) is 13.7. The minimum absolute atomic E-state index is 0.180. The Kier molecular flexibility index (Phi) is 5.95. The van der Waals surface area contributed by atoms with Gasteiger partial charge in [0.1, 0.15) is 11.6 Å². The predicted octanol–water partition coefficient (Wildman–Crippen LogP) is 3.92. The van der Waals surface area contributed by atoms with Gasteiger partial charge >= 0.3 is 0 Å². The Morgan fingerprint density at radius 3 is 2.47 bits per heavy atom. The minimum Gasteiger partial charge on any atom is -0.497 e. The summed E-state index contributed by atoms with van der Waals surface area (Å²) in [5, 5.41) is 3.99. The highest BCUT2D eigenvalue weighted by atomic mass is 16.5. The number of methoxy groups -OCH3 is 1. The van der Waals surface area contributed by atoms with Crippen molar-refractivity contribution in [3.8, 4) is 5.75 Å². The summed E-state index contributed by atoms with van der Waals surface area (Å²) in [6.45, 7) is 5.47. The summed E-state index contributed by atoms with van der Waals surface area (Å²) in [5.41, 5.74) is 3.30. The zero-order chi connectivity index (χ0) is 23.5. The first-order valence-electron chi connectivity index (χ1n) is 11.2. The number of hydrogen-bond acceptors (Lipinski definition) is 7. The van der Waals surface area contributed by atoms with Crippen LogP contribution in [0.2, 0.25) is 0 Å². The van der Waals surface area contributed by atoms with Gasteiger partial charge in [0.15, 0.2) is 0 Å². The summed E-state index contributed by atoms with van der Waals surface area (Å²) in [5.74, 6) is 2.21. The molecule has 1 amide bonds. The molecule has 2 aromatic heterocycles. The molecule has 34 heavy (non-hydrogen) atoms. The second-order valence-corrected chi connectivity index (χ2v) is 8.24. The van der Waals surface area contributed by atoms with Crippen LogP contribution in [0.15, 0.2) is 67.0 Å². The minimum atomic E-state index is -0.180. The number of ether oxygens (including phenoxy) is 1. The third-order valence-corrected chi connectivity index (χ3v) is 6.03. The number of hydrogen-bond donors (Lipinski definition) is 1. The molecule has 0 radical (unpaired) electrons. The Hall–Kier alpha value is -4.20. The van der Waals surface area contributed by atoms with Crippen LogP contribution in [-0.2, 0) is 0 Å². The fourth-order valence-corrected chi connectivity index (χ4v) is 4.17. The van der Waals surface area contributed by atoms with E-state index in [0.29, 0.717) is 11.3 Å². The van der Waals surface area contributed by atoms with E-state index in [1.165, 1.54) is 0 Å². The van der Waals surface area contributed by atoms with Crippen LogP contribution in [0, 0.1) is 6.92 Å². The Morgan fingerprint density at radius 1 is 0.941 bits per heavy atom. The Morgan fingerprint density at radius 2 is 1.71 bits per heavy atom. The third kappa shape index (κ3) is 4.47. The van der Waals surface area contributed by atoms with Gasteiger partial charge in [-0.1, -0.05) is 6.07 Å². The highest BCUT2D eigenvalue weighted by molar-refractivity contribution is 6.05. The first-order chi connectivity index (χ1) is 16.6. The molecule has 0 saturated carbocycles. The van der Waals surface area contributed by atoms with Crippen molar-refractivity contribution >= 4 is 34.3 Å². The monoisotopic (exact) mass is 454 g/mol. The molecule has 1 aliphatic rings. The van der Waals surface area contributed by atoms with Gasteiger partial charge in [0, 0.05) is 55.2 Å². The van der Waals surface area contributed by atoms with Crippen LogP contribution < -0.4 is 19.9 Å². The van der Waals surface area contributed by atoms with E-state index in [0.717, 1.165) is 60.1 Å². The number of carbonyl (C=O) groups is 1. The van der Waals surface area contributed by atoms with Crippen LogP contribution in [0.4, 0.5) is 17.5 Å². The number of fused-ring (bicyclic) bond motifs is 1. The van der Waals surface area contributed by atoms with E-state index in [9.17, 15) is 4.79 Å². The molecule has 2 aromatic carbocycles. The van der Waals surface area contributed by atoms with Gasteiger partial charge in [-0.25, -0.2) is 15.0 Å². The molecule has 0 aliphatic carbocycles. The smallest absolute Gasteiger partial charge is 0.255 e. The molecule has 0 spiro atoms. The van der Waals surface area contributed by atoms with Crippen molar-refractivity contribution in [2.45, 2.75) is 6.92 Å². The lowest BCUT2D eigenvalue weighted by molar-refractivity contribution is 0.102. The van der Waals surface area contributed by atoms with E-state index >= 15 is 0 Å². The average Bonchev–Trinajstić information content (AvgIpc) is 2.89. The number of carbonyl (C=O) groups excluding carboxylic acids is 1. The van der Waals surface area contributed by atoms with Gasteiger partial charge in [-0.2, -0.15) is 0 Å². The fraction of sp³-hybridized carbons (Fsp3) is 0.231. The number of nitrogens with one attached hydrogen (secondary N) is 1. The summed E-state index contributed by atoms with van der Waals surface area (Å²) in [4.78, 5) is 30.8. The maximum Gasteiger partial charge on any atom is 0.255 e. The molecule has 0 atom stereocenters. The summed E-state index contributed by atoms with van der Waals surface area (Å²) in [7, 11) is 1.59. The molecule has 3 heterocycles. The van der Waals surface area contributed by atoms with Crippen molar-refractivity contribution in [3.05, 3.63) is 78.1 Å². The molecule has 0 unspecified atom stereocenters. The molecule has 4 aromatic rings. The number of anilines is 3. The summed E-state index contributed by atoms with van der Waals surface area (Å²) < 4.78 is 5.22. The van der Waals surface area contributed by atoms with Crippen molar-refractivity contribution in [3.63, 3.8) is 0 Å². The third-order valence-electron chi connectivity index (χ3n) is 6.03. The zero-order valence-electron chi connectivity index (χ0n) is 19.2. The van der Waals surface area contributed by atoms with Gasteiger partial charge in [0.25, 0.3) is 5.91 Å². The van der Waals surface area contributed by atoms with Crippen LogP contribution in [0.1, 0.15) is 15.9 Å². The summed E-state index contributed by atoms with van der Waals surface area (Å²) in [6.07, 6.45) is 3.55. The second-order valence-electron chi connectivity index (χ2n) is 8.24. The van der Waals surface area contributed by atoms with Crippen molar-refractivity contribution in [1.29, 1.82) is 0 Å². The van der Waals surface area contributed by atoms with E-state index in [2.05, 4.69) is 38.1 Å². The molecule has 8 heteroatoms. The molecule has 1 N–H and O–H groups in total. The number of aryl methyl sites for hydroxylation is 1. The van der Waals surface area contributed by atoms with Gasteiger partial charge in [0.2, 0.25) is 5.95 Å². The number of piperazine rings is 1. The second kappa shape index (κ2) is 9.35. The van der Waals surface area contributed by atoms with Crippen LogP contribution >= 0.6 is 0 Å². The Labute approximate surface area is 198 Å². The van der Waals surface area contributed by atoms with Crippen LogP contribution in [0.25, 0.3) is 10.9 Å². The molecule has 0 bridgehead atoms. The first-order valence-corrected chi connectivity index (χ1v) is 11.2. The van der Waals surface area contributed by atoms with Gasteiger partial charge in [-0.3, -0.25) is 4.79 Å². The van der Waals surface area contributed by atoms with Crippen molar-refractivity contribution in [2.24, 2.45) is 0 Å². The van der Waals surface area contributed by atoms with E-state index in [-0.39, 0.29) is 5.91 Å². The van der Waals surface area contributed by atoms with Gasteiger partial charge in [0.05, 0.1) is 12.6 Å². The van der Waals surface area contributed by atoms with E-state index < -0.39 is 0 Å². The Balaban J connectivity index is 1.31. The molecule has 172 valence electrons. The number of pyridine rings is 1. The van der Waals surface area contributed by atoms with Crippen LogP contribution in [0.5, 0.6) is 5.75 Å². The number of rotatable bonds is 5. The van der Waals surface area contributed by atoms with Gasteiger partial charge in [-0.05, 0) is 61.0 Å². The lowest BCUT2D eigenvalue weighted by Gasteiger charge is -2.35. The van der Waals surface area contributed by atoms with Gasteiger partial charge < -0.3 is 19.9 Å². The van der Waals surface area contributed by atoms with E-state index in [1.54, 1.807) is 37.7 Å². The maximum absolute atomic E-state index is 12.7. The molecule has 1 aliphatic heterocycles. The number of amides is 1. The Bertz CT molecular complexity index is 1320. The summed E-state index contributed by atoms with van der Waals surface area (Å²) in [6, 6.07) is 16.9. The van der Waals surface area contributed by atoms with Crippen molar-refractivity contribution < 1.29 is 9.53 Å². The average molecular weight is 455 g/mol. The highest BCUT2D eigenvalue weighted by Crippen LogP contribution is 2.27. The summed E-state index contributed by atoms with van der Waals surface area (Å²) >= 11 is 0. The SMILES string of the molecule is COc1cccc(C(=O)Nc2ccc3nc(N4CCN(c5ncccn5)CC4)cc(C)c3c2)c1. The lowest BCUT2D eigenvalue weighted by atomic mass is 10.1. The number of benzene rings is 2. The molecule has 8 nitrogen and oxygen atoms in total. The number of aromatic nitrogens is 3. The lowest BCUT2D eigenvalue weighted by Crippen LogP contribution is -2.47. The zero-order valence-corrected chi connectivity index (χ0v) is 19.2. The standard InChI is InChI=1S/C26H26N6O2/c1-18-15-24(31-11-13-32(14-12-31)26-27-9-4-10-28-26)30-23-8-7-20(17-22(18)23)29-25(33)19-5-3-6-21(16-19)34-2/h3-10,15-17H,11-14H2,1-2H3,(H,29,33). The molecular weight excluding hydrogens is 428 g/mol. The van der Waals surface area contributed by atoms with Crippen LogP contribution in [-0.4, -0.2) is 54.1 Å². The highest BCUT2D eigenvalue weighted by Gasteiger charge is 2.20. The molecule has 1 fully saturated rings. The van der Waals surface area contributed by atoms with Crippen LogP contribution in [0.3, 0.4) is 0 Å². The first kappa shape index (κ1) is 21.6.